The van der Waals surface area contributed by atoms with E-state index in [4.69, 9.17) is 4.74 Å². The van der Waals surface area contributed by atoms with E-state index >= 15 is 0 Å². The van der Waals surface area contributed by atoms with E-state index in [1.807, 2.05) is 6.92 Å². The number of nitrogens with one attached hydrogen (secondary N) is 1. The van der Waals surface area contributed by atoms with Crippen LogP contribution in [-0.2, 0) is 9.53 Å². The van der Waals surface area contributed by atoms with Crippen molar-refractivity contribution in [2.75, 3.05) is 26.3 Å². The highest BCUT2D eigenvalue weighted by Crippen LogP contribution is 2.14. The van der Waals surface area contributed by atoms with Crippen LogP contribution in [0.2, 0.25) is 0 Å². The minimum absolute atomic E-state index is 0.238. The maximum absolute atomic E-state index is 11.6. The van der Waals surface area contributed by atoms with Gasteiger partial charge in [0.25, 0.3) is 0 Å². The van der Waals surface area contributed by atoms with Crippen LogP contribution in [0.5, 0.6) is 0 Å². The molecule has 0 aromatic heterocycles. The number of carbonyl (C=O) groups is 1. The Morgan fingerprint density at radius 2 is 2.31 bits per heavy atom. The molecule has 1 heterocycles. The number of ether oxygens (including phenoxy) is 1. The summed E-state index contributed by atoms with van der Waals surface area (Å²) in [6.07, 6.45) is 3.12. The largest absolute Gasteiger partial charge is 0.374 e. The molecule has 1 unspecified atom stereocenters. The third-order valence-electron chi connectivity index (χ3n) is 2.48. The van der Waals surface area contributed by atoms with Crippen molar-refractivity contribution in [1.82, 2.24) is 5.32 Å². The molecule has 13 heavy (non-hydrogen) atoms. The number of hydrogen-bond donors (Lipinski definition) is 1. The number of Topliss-reactive ketones (excluding diaryl/α,β-unsaturated/α-hetero) is 1. The number of ketones is 1. The van der Waals surface area contributed by atoms with E-state index in [-0.39, 0.29) is 11.7 Å². The van der Waals surface area contributed by atoms with Crippen molar-refractivity contribution in [3.8, 4) is 0 Å². The fourth-order valence-corrected chi connectivity index (χ4v) is 1.66. The third-order valence-corrected chi connectivity index (χ3v) is 2.48. The fraction of sp³-hybridized carbons (Fsp3) is 0.900. The SMILES string of the molecule is CCOCC(=O)C1CCCNCC1. The van der Waals surface area contributed by atoms with Gasteiger partial charge in [0, 0.05) is 12.5 Å². The lowest BCUT2D eigenvalue weighted by Crippen LogP contribution is -2.21. The van der Waals surface area contributed by atoms with Gasteiger partial charge in [0.2, 0.25) is 0 Å². The summed E-state index contributed by atoms with van der Waals surface area (Å²) >= 11 is 0. The van der Waals surface area contributed by atoms with Gasteiger partial charge in [-0.3, -0.25) is 4.79 Å². The van der Waals surface area contributed by atoms with Crippen molar-refractivity contribution < 1.29 is 9.53 Å². The highest BCUT2D eigenvalue weighted by Gasteiger charge is 2.19. The molecule has 0 bridgehead atoms. The minimum atomic E-state index is 0.238. The summed E-state index contributed by atoms with van der Waals surface area (Å²) in [6.45, 7) is 4.89. The molecule has 3 heteroatoms. The Morgan fingerprint density at radius 1 is 1.46 bits per heavy atom. The van der Waals surface area contributed by atoms with Crippen LogP contribution in [0, 0.1) is 5.92 Å². The second-order valence-electron chi connectivity index (χ2n) is 3.48. The second-order valence-corrected chi connectivity index (χ2v) is 3.48. The van der Waals surface area contributed by atoms with Gasteiger partial charge in [-0.2, -0.15) is 0 Å². The molecule has 0 radical (unpaired) electrons. The van der Waals surface area contributed by atoms with Crippen molar-refractivity contribution in [1.29, 1.82) is 0 Å². The first-order valence-electron chi connectivity index (χ1n) is 5.15. The van der Waals surface area contributed by atoms with Crippen molar-refractivity contribution in [3.05, 3.63) is 0 Å². The van der Waals surface area contributed by atoms with Crippen LogP contribution in [0.1, 0.15) is 26.2 Å². The molecule has 1 aliphatic rings. The molecule has 1 atom stereocenters. The predicted octanol–water partition coefficient (Wildman–Crippen LogP) is 0.982. The molecule has 1 aliphatic heterocycles. The number of hydrogen-bond acceptors (Lipinski definition) is 3. The van der Waals surface area contributed by atoms with Crippen molar-refractivity contribution >= 4 is 5.78 Å². The number of carbonyl (C=O) groups excluding carboxylic acids is 1. The minimum Gasteiger partial charge on any atom is -0.374 e. The van der Waals surface area contributed by atoms with Gasteiger partial charge in [-0.1, -0.05) is 0 Å². The highest BCUT2D eigenvalue weighted by atomic mass is 16.5. The zero-order valence-electron chi connectivity index (χ0n) is 8.34. The molecule has 1 saturated heterocycles. The van der Waals surface area contributed by atoms with E-state index in [1.165, 1.54) is 0 Å². The summed E-state index contributed by atoms with van der Waals surface area (Å²) in [4.78, 5) is 11.6. The molecule has 0 aromatic carbocycles. The lowest BCUT2D eigenvalue weighted by molar-refractivity contribution is -0.127. The van der Waals surface area contributed by atoms with E-state index in [9.17, 15) is 4.79 Å². The van der Waals surface area contributed by atoms with Gasteiger partial charge in [-0.25, -0.2) is 0 Å². The Bertz CT molecular complexity index is 151. The topological polar surface area (TPSA) is 38.3 Å². The van der Waals surface area contributed by atoms with Crippen molar-refractivity contribution in [3.63, 3.8) is 0 Å². The molecule has 1 N–H and O–H groups in total. The number of rotatable bonds is 4. The first-order chi connectivity index (χ1) is 6.34. The van der Waals surface area contributed by atoms with Crippen LogP contribution in [0.15, 0.2) is 0 Å². The van der Waals surface area contributed by atoms with Crippen LogP contribution >= 0.6 is 0 Å². The quantitative estimate of drug-likeness (QED) is 0.709. The predicted molar refractivity (Wildman–Crippen MR) is 51.7 cm³/mol. The van der Waals surface area contributed by atoms with E-state index in [0.717, 1.165) is 32.4 Å². The van der Waals surface area contributed by atoms with E-state index in [1.54, 1.807) is 0 Å². The molecular weight excluding hydrogens is 166 g/mol. The van der Waals surface area contributed by atoms with Crippen LogP contribution < -0.4 is 5.32 Å². The molecule has 0 saturated carbocycles. The van der Waals surface area contributed by atoms with Crippen molar-refractivity contribution in [2.45, 2.75) is 26.2 Å². The first-order valence-corrected chi connectivity index (χ1v) is 5.15. The lowest BCUT2D eigenvalue weighted by Gasteiger charge is -2.11. The van der Waals surface area contributed by atoms with E-state index in [2.05, 4.69) is 5.32 Å². The Balaban J connectivity index is 2.26. The molecule has 0 spiro atoms. The van der Waals surface area contributed by atoms with E-state index in [0.29, 0.717) is 13.2 Å². The van der Waals surface area contributed by atoms with Crippen LogP contribution in [-0.4, -0.2) is 32.1 Å². The molecule has 3 nitrogen and oxygen atoms in total. The average molecular weight is 185 g/mol. The van der Waals surface area contributed by atoms with Gasteiger partial charge in [-0.15, -0.1) is 0 Å². The summed E-state index contributed by atoms with van der Waals surface area (Å²) in [7, 11) is 0. The summed E-state index contributed by atoms with van der Waals surface area (Å²) in [5.74, 6) is 0.520. The van der Waals surface area contributed by atoms with Crippen molar-refractivity contribution in [2.24, 2.45) is 5.92 Å². The standard InChI is InChI=1S/C10H19NO2/c1-2-13-8-10(12)9-4-3-6-11-7-5-9/h9,11H,2-8H2,1H3. The molecule has 1 rings (SSSR count). The molecule has 0 aromatic rings. The Hall–Kier alpha value is -0.410. The maximum atomic E-state index is 11.6. The summed E-state index contributed by atoms with van der Waals surface area (Å²) in [6, 6.07) is 0. The fourth-order valence-electron chi connectivity index (χ4n) is 1.66. The zero-order chi connectivity index (χ0) is 9.52. The monoisotopic (exact) mass is 185 g/mol. The van der Waals surface area contributed by atoms with Gasteiger partial charge in [0.05, 0.1) is 0 Å². The Kier molecular flexibility index (Phi) is 5.01. The second kappa shape index (κ2) is 6.11. The van der Waals surface area contributed by atoms with Crippen LogP contribution in [0.25, 0.3) is 0 Å². The summed E-state index contributed by atoms with van der Waals surface area (Å²) < 4.78 is 5.12. The Labute approximate surface area is 79.8 Å². The molecule has 0 amide bonds. The molecule has 0 aliphatic carbocycles. The van der Waals surface area contributed by atoms with Gasteiger partial charge in [-0.05, 0) is 39.3 Å². The first kappa shape index (κ1) is 10.7. The smallest absolute Gasteiger partial charge is 0.161 e. The van der Waals surface area contributed by atoms with Crippen LogP contribution in [0.3, 0.4) is 0 Å². The van der Waals surface area contributed by atoms with Gasteiger partial charge >= 0.3 is 0 Å². The van der Waals surface area contributed by atoms with Gasteiger partial charge in [0.1, 0.15) is 6.61 Å². The van der Waals surface area contributed by atoms with Crippen LogP contribution in [0.4, 0.5) is 0 Å². The molecular formula is C10H19NO2. The summed E-state index contributed by atoms with van der Waals surface area (Å²) in [5.41, 5.74) is 0. The molecule has 76 valence electrons. The maximum Gasteiger partial charge on any atom is 0.161 e. The lowest BCUT2D eigenvalue weighted by atomic mass is 9.96. The average Bonchev–Trinajstić information content (AvgIpc) is 2.42. The molecule has 1 fully saturated rings. The normalized spacial score (nSPS) is 23.9. The Morgan fingerprint density at radius 3 is 3.08 bits per heavy atom. The third kappa shape index (κ3) is 3.87. The zero-order valence-corrected chi connectivity index (χ0v) is 8.34. The van der Waals surface area contributed by atoms with Gasteiger partial charge < -0.3 is 10.1 Å². The van der Waals surface area contributed by atoms with E-state index < -0.39 is 0 Å². The highest BCUT2D eigenvalue weighted by molar-refractivity contribution is 5.82. The van der Waals surface area contributed by atoms with Gasteiger partial charge in [0.15, 0.2) is 5.78 Å². The summed E-state index contributed by atoms with van der Waals surface area (Å²) in [5, 5.41) is 3.30.